The van der Waals surface area contributed by atoms with E-state index in [4.69, 9.17) is 9.47 Å². The Morgan fingerprint density at radius 1 is 0.719 bits per heavy atom. The molecule has 0 aromatic heterocycles. The second kappa shape index (κ2) is 13.0. The second-order valence-electron chi connectivity index (χ2n) is 8.76. The quantitative estimate of drug-likeness (QED) is 0.489. The van der Waals surface area contributed by atoms with Crippen molar-refractivity contribution < 1.29 is 24.2 Å². The van der Waals surface area contributed by atoms with Crippen LogP contribution in [-0.2, 0) is 31.9 Å². The van der Waals surface area contributed by atoms with Crippen LogP contribution in [0.25, 0.3) is 0 Å². The van der Waals surface area contributed by atoms with Crippen molar-refractivity contribution in [1.82, 2.24) is 0 Å². The Balaban J connectivity index is 1.62. The van der Waals surface area contributed by atoms with E-state index in [9.17, 15) is 14.7 Å². The Morgan fingerprint density at radius 3 is 1.41 bits per heavy atom. The fourth-order valence-corrected chi connectivity index (χ4v) is 3.20. The predicted octanol–water partition coefficient (Wildman–Crippen LogP) is 4.59. The maximum Gasteiger partial charge on any atom is 0.308 e. The van der Waals surface area contributed by atoms with Crippen LogP contribution in [0.15, 0.2) is 48.5 Å². The fourth-order valence-electron chi connectivity index (χ4n) is 3.20. The molecule has 2 aromatic carbocycles. The molecule has 0 aliphatic rings. The first-order valence-corrected chi connectivity index (χ1v) is 11.4. The van der Waals surface area contributed by atoms with Crippen molar-refractivity contribution in [3.8, 4) is 0 Å². The number of rotatable bonds is 12. The number of aliphatic hydroxyl groups is 1. The zero-order valence-corrected chi connectivity index (χ0v) is 19.7. The van der Waals surface area contributed by atoms with Gasteiger partial charge in [-0.3, -0.25) is 9.59 Å². The van der Waals surface area contributed by atoms with Gasteiger partial charge in [-0.15, -0.1) is 0 Å². The highest BCUT2D eigenvalue weighted by Gasteiger charge is 2.19. The highest BCUT2D eigenvalue weighted by molar-refractivity contribution is 5.72. The number of aryl methyl sites for hydroxylation is 4. The van der Waals surface area contributed by atoms with Crippen molar-refractivity contribution in [2.45, 2.75) is 59.5 Å². The Hall–Kier alpha value is -2.66. The molecule has 0 bridgehead atoms. The molecule has 2 unspecified atom stereocenters. The van der Waals surface area contributed by atoms with Gasteiger partial charge in [-0.25, -0.2) is 0 Å². The summed E-state index contributed by atoms with van der Waals surface area (Å²) in [5.74, 6) is -1.25. The molecule has 2 rings (SSSR count). The van der Waals surface area contributed by atoms with Crippen molar-refractivity contribution in [2.24, 2.45) is 11.8 Å². The zero-order valence-electron chi connectivity index (χ0n) is 19.7. The minimum absolute atomic E-state index is 0.182. The number of carbonyl (C=O) groups excluding carboxylic acids is 2. The second-order valence-corrected chi connectivity index (χ2v) is 8.76. The molecule has 0 fully saturated rings. The number of esters is 2. The van der Waals surface area contributed by atoms with E-state index >= 15 is 0 Å². The zero-order chi connectivity index (χ0) is 23.5. The molecule has 174 valence electrons. The molecule has 0 aliphatic carbocycles. The molecule has 0 saturated carbocycles. The Morgan fingerprint density at radius 2 is 1.06 bits per heavy atom. The fraction of sp³-hybridized carbons (Fsp3) is 0.481. The molecule has 1 N–H and O–H groups in total. The lowest BCUT2D eigenvalue weighted by Gasteiger charge is -2.16. The summed E-state index contributed by atoms with van der Waals surface area (Å²) in [5.41, 5.74) is 4.77. The summed E-state index contributed by atoms with van der Waals surface area (Å²) in [6.07, 6.45) is 1.89. The van der Waals surface area contributed by atoms with Crippen LogP contribution in [0.1, 0.15) is 48.9 Å². The van der Waals surface area contributed by atoms with E-state index in [1.54, 1.807) is 0 Å². The summed E-state index contributed by atoms with van der Waals surface area (Å²) in [7, 11) is 0. The average Bonchev–Trinajstić information content (AvgIpc) is 2.79. The van der Waals surface area contributed by atoms with Crippen LogP contribution >= 0.6 is 0 Å². The monoisotopic (exact) mass is 440 g/mol. The first-order chi connectivity index (χ1) is 15.2. The number of benzene rings is 2. The van der Waals surface area contributed by atoms with Crippen LogP contribution in [0.2, 0.25) is 0 Å². The summed E-state index contributed by atoms with van der Waals surface area (Å²) in [5, 5.41) is 10.0. The van der Waals surface area contributed by atoms with Crippen LogP contribution in [0.5, 0.6) is 0 Å². The number of aliphatic hydroxyl groups excluding tert-OH is 1. The molecule has 0 aliphatic heterocycles. The van der Waals surface area contributed by atoms with Gasteiger partial charge < -0.3 is 14.6 Å². The highest BCUT2D eigenvalue weighted by atomic mass is 16.6. The molecule has 32 heavy (non-hydrogen) atoms. The van der Waals surface area contributed by atoms with Gasteiger partial charge in [0.25, 0.3) is 0 Å². The van der Waals surface area contributed by atoms with E-state index in [-0.39, 0.29) is 37.0 Å². The van der Waals surface area contributed by atoms with Crippen molar-refractivity contribution >= 4 is 11.9 Å². The molecule has 2 atom stereocenters. The predicted molar refractivity (Wildman–Crippen MR) is 125 cm³/mol. The Labute approximate surface area is 191 Å². The van der Waals surface area contributed by atoms with Gasteiger partial charge in [-0.1, -0.05) is 73.5 Å². The van der Waals surface area contributed by atoms with Gasteiger partial charge in [0.1, 0.15) is 19.3 Å². The average molecular weight is 441 g/mol. The van der Waals surface area contributed by atoms with Gasteiger partial charge in [0.2, 0.25) is 0 Å². The maximum atomic E-state index is 12.2. The molecule has 5 nitrogen and oxygen atoms in total. The lowest BCUT2D eigenvalue weighted by molar-refractivity contribution is -0.157. The first-order valence-electron chi connectivity index (χ1n) is 11.4. The molecule has 5 heteroatoms. The molecule has 0 heterocycles. The normalized spacial score (nSPS) is 13.8. The number of hydrogen-bond acceptors (Lipinski definition) is 5. The van der Waals surface area contributed by atoms with Crippen molar-refractivity contribution in [1.29, 1.82) is 0 Å². The van der Waals surface area contributed by atoms with Gasteiger partial charge in [0.05, 0.1) is 11.8 Å². The summed E-state index contributed by atoms with van der Waals surface area (Å²) in [4.78, 5) is 24.3. The van der Waals surface area contributed by atoms with Crippen LogP contribution < -0.4 is 0 Å². The highest BCUT2D eigenvalue weighted by Crippen LogP contribution is 2.14. The SMILES string of the molecule is Cc1ccc(CCC(C)C(=O)OCC(O)COC(=O)C(C)CCc2ccc(C)cc2)cc1. The minimum atomic E-state index is -1.03. The van der Waals surface area contributed by atoms with E-state index in [0.29, 0.717) is 12.8 Å². The number of carbonyl (C=O) groups is 2. The lowest BCUT2D eigenvalue weighted by Crippen LogP contribution is -2.28. The van der Waals surface area contributed by atoms with Crippen LogP contribution in [0.4, 0.5) is 0 Å². The van der Waals surface area contributed by atoms with Crippen LogP contribution in [0.3, 0.4) is 0 Å². The molecule has 0 spiro atoms. The molecule has 0 radical (unpaired) electrons. The summed E-state index contributed by atoms with van der Waals surface area (Å²) >= 11 is 0. The van der Waals surface area contributed by atoms with Crippen LogP contribution in [0, 0.1) is 25.7 Å². The molecule has 2 aromatic rings. The molecule has 0 amide bonds. The summed E-state index contributed by atoms with van der Waals surface area (Å²) in [6.45, 7) is 7.35. The van der Waals surface area contributed by atoms with Gasteiger partial charge in [-0.05, 0) is 50.7 Å². The Bertz CT molecular complexity index is 770. The smallest absolute Gasteiger partial charge is 0.308 e. The van der Waals surface area contributed by atoms with Gasteiger partial charge >= 0.3 is 11.9 Å². The third kappa shape index (κ3) is 9.23. The Kier molecular flexibility index (Phi) is 10.4. The third-order valence-corrected chi connectivity index (χ3v) is 5.61. The minimum Gasteiger partial charge on any atom is -0.463 e. The van der Waals surface area contributed by atoms with Gasteiger partial charge in [-0.2, -0.15) is 0 Å². The molecule has 0 saturated heterocycles. The summed E-state index contributed by atoms with van der Waals surface area (Å²) in [6, 6.07) is 16.5. The first kappa shape index (κ1) is 25.6. The number of ether oxygens (including phenoxy) is 2. The van der Waals surface area contributed by atoms with Gasteiger partial charge in [0, 0.05) is 0 Å². The molecular weight excluding hydrogens is 404 g/mol. The largest absolute Gasteiger partial charge is 0.463 e. The third-order valence-electron chi connectivity index (χ3n) is 5.61. The van der Waals surface area contributed by atoms with Crippen LogP contribution in [-0.4, -0.2) is 36.4 Å². The van der Waals surface area contributed by atoms with Crippen molar-refractivity contribution in [3.05, 3.63) is 70.8 Å². The maximum absolute atomic E-state index is 12.2. The lowest BCUT2D eigenvalue weighted by atomic mass is 10.0. The van der Waals surface area contributed by atoms with E-state index < -0.39 is 6.10 Å². The van der Waals surface area contributed by atoms with Crippen molar-refractivity contribution in [3.63, 3.8) is 0 Å². The topological polar surface area (TPSA) is 72.8 Å². The van der Waals surface area contributed by atoms with Crippen molar-refractivity contribution in [2.75, 3.05) is 13.2 Å². The van der Waals surface area contributed by atoms with E-state index in [2.05, 4.69) is 48.5 Å². The van der Waals surface area contributed by atoms with E-state index in [1.807, 2.05) is 27.7 Å². The van der Waals surface area contributed by atoms with E-state index in [1.165, 1.54) is 22.3 Å². The number of hydrogen-bond donors (Lipinski definition) is 1. The van der Waals surface area contributed by atoms with Gasteiger partial charge in [0.15, 0.2) is 0 Å². The summed E-state index contributed by atoms with van der Waals surface area (Å²) < 4.78 is 10.4. The van der Waals surface area contributed by atoms with E-state index in [0.717, 1.165) is 12.8 Å². The standard InChI is InChI=1S/C27H36O5/c1-19-5-11-23(12-6-19)15-9-21(3)26(29)31-17-25(28)18-32-27(30)22(4)10-16-24-13-7-20(2)8-14-24/h5-8,11-14,21-22,25,28H,9-10,15-18H2,1-4H3. The molecular formula is C27H36O5.